The summed E-state index contributed by atoms with van der Waals surface area (Å²) in [4.78, 5) is 26.7. The van der Waals surface area contributed by atoms with Gasteiger partial charge in [0.05, 0.1) is 0 Å². The number of nitrogens with one attached hydrogen (secondary N) is 2. The monoisotopic (exact) mass is 387 g/mol. The number of Topliss-reactive ketones (excluding diaryl/α,β-unsaturated/α-hetero) is 1. The Morgan fingerprint density at radius 3 is 2.14 bits per heavy atom. The Bertz CT molecular complexity index is 1170. The SMILES string of the molecule is CN(C)CCNC(=O)NCCC(=O)c1ccc2ccc3cccc4ccc1c2c34. The predicted octanol–water partition coefficient (Wildman–Crippen LogP) is 4.02. The number of rotatable bonds is 7. The van der Waals surface area contributed by atoms with Crippen molar-refractivity contribution in [1.29, 1.82) is 0 Å². The van der Waals surface area contributed by atoms with E-state index in [1.54, 1.807) is 0 Å². The molecule has 0 radical (unpaired) electrons. The highest BCUT2D eigenvalue weighted by Crippen LogP contribution is 2.36. The molecule has 5 nitrogen and oxygen atoms in total. The largest absolute Gasteiger partial charge is 0.338 e. The second kappa shape index (κ2) is 8.05. The molecule has 0 spiro atoms. The molecule has 148 valence electrons. The third kappa shape index (κ3) is 3.87. The molecular weight excluding hydrogens is 362 g/mol. The van der Waals surface area contributed by atoms with E-state index in [0.717, 1.165) is 22.7 Å². The van der Waals surface area contributed by atoms with Gasteiger partial charge in [-0.15, -0.1) is 0 Å². The summed E-state index contributed by atoms with van der Waals surface area (Å²) in [5.41, 5.74) is 0.713. The first-order chi connectivity index (χ1) is 14.0. The number of hydrogen-bond acceptors (Lipinski definition) is 3. The zero-order valence-corrected chi connectivity index (χ0v) is 16.8. The number of benzene rings is 4. The predicted molar refractivity (Wildman–Crippen MR) is 119 cm³/mol. The van der Waals surface area contributed by atoms with Gasteiger partial charge < -0.3 is 15.5 Å². The fourth-order valence-electron chi connectivity index (χ4n) is 3.86. The molecule has 0 saturated heterocycles. The van der Waals surface area contributed by atoms with E-state index in [1.807, 2.05) is 37.2 Å². The molecule has 2 amide bonds. The average molecular weight is 387 g/mol. The highest BCUT2D eigenvalue weighted by atomic mass is 16.2. The second-order valence-corrected chi connectivity index (χ2v) is 7.63. The van der Waals surface area contributed by atoms with E-state index in [0.29, 0.717) is 18.7 Å². The smallest absolute Gasteiger partial charge is 0.314 e. The summed E-state index contributed by atoms with van der Waals surface area (Å²) in [5, 5.41) is 12.4. The summed E-state index contributed by atoms with van der Waals surface area (Å²) < 4.78 is 0. The van der Waals surface area contributed by atoms with Crippen LogP contribution < -0.4 is 10.6 Å². The fraction of sp³-hybridized carbons (Fsp3) is 0.250. The highest BCUT2D eigenvalue weighted by Gasteiger charge is 2.15. The van der Waals surface area contributed by atoms with Crippen LogP contribution in [0, 0.1) is 0 Å². The molecule has 4 rings (SSSR count). The van der Waals surface area contributed by atoms with Crippen LogP contribution in [0.1, 0.15) is 16.8 Å². The van der Waals surface area contributed by atoms with Crippen molar-refractivity contribution in [2.75, 3.05) is 33.7 Å². The summed E-state index contributed by atoms with van der Waals surface area (Å²) >= 11 is 0. The molecule has 4 aromatic rings. The first-order valence-electron chi connectivity index (χ1n) is 9.91. The normalized spacial score (nSPS) is 11.6. The number of urea groups is 1. The standard InChI is InChI=1S/C24H25N3O2/c1-27(2)15-14-26-24(29)25-13-12-21(28)19-10-8-18-7-6-16-4-3-5-17-9-11-20(19)23(18)22(16)17/h3-11H,12-15H2,1-2H3,(H2,25,26,29). The van der Waals surface area contributed by atoms with Crippen molar-refractivity contribution in [3.05, 3.63) is 60.2 Å². The molecule has 0 aliphatic rings. The number of amides is 2. The molecule has 2 N–H and O–H groups in total. The number of hydrogen-bond donors (Lipinski definition) is 2. The summed E-state index contributed by atoms with van der Waals surface area (Å²) in [7, 11) is 3.91. The molecule has 0 aliphatic carbocycles. The van der Waals surface area contributed by atoms with Crippen molar-refractivity contribution in [3.8, 4) is 0 Å². The van der Waals surface area contributed by atoms with Gasteiger partial charge in [0.25, 0.3) is 0 Å². The van der Waals surface area contributed by atoms with Crippen LogP contribution >= 0.6 is 0 Å². The Morgan fingerprint density at radius 1 is 0.793 bits per heavy atom. The number of carbonyl (C=O) groups is 2. The van der Waals surface area contributed by atoms with Gasteiger partial charge in [-0.1, -0.05) is 54.6 Å². The lowest BCUT2D eigenvalue weighted by molar-refractivity contribution is 0.0985. The fourth-order valence-corrected chi connectivity index (χ4v) is 3.86. The van der Waals surface area contributed by atoms with Gasteiger partial charge in [-0.2, -0.15) is 0 Å². The van der Waals surface area contributed by atoms with Crippen molar-refractivity contribution < 1.29 is 9.59 Å². The molecule has 0 aromatic heterocycles. The number of ketones is 1. The van der Waals surface area contributed by atoms with Gasteiger partial charge in [-0.25, -0.2) is 4.79 Å². The molecule has 0 saturated carbocycles. The van der Waals surface area contributed by atoms with Gasteiger partial charge in [0, 0.05) is 31.6 Å². The van der Waals surface area contributed by atoms with Crippen molar-refractivity contribution in [1.82, 2.24) is 15.5 Å². The Morgan fingerprint density at radius 2 is 1.41 bits per heavy atom. The molecular formula is C24H25N3O2. The van der Waals surface area contributed by atoms with Crippen LogP contribution in [0.15, 0.2) is 54.6 Å². The number of nitrogens with zero attached hydrogens (tertiary/aromatic N) is 1. The minimum Gasteiger partial charge on any atom is -0.338 e. The third-order valence-corrected chi connectivity index (χ3v) is 5.31. The van der Waals surface area contributed by atoms with Crippen molar-refractivity contribution in [2.24, 2.45) is 0 Å². The first-order valence-corrected chi connectivity index (χ1v) is 9.91. The molecule has 4 aromatic carbocycles. The van der Waals surface area contributed by atoms with E-state index in [9.17, 15) is 9.59 Å². The lowest BCUT2D eigenvalue weighted by Gasteiger charge is -2.14. The maximum absolute atomic E-state index is 12.9. The van der Waals surface area contributed by atoms with Gasteiger partial charge in [-0.3, -0.25) is 4.79 Å². The molecule has 0 fully saturated rings. The van der Waals surface area contributed by atoms with Crippen LogP contribution in [-0.4, -0.2) is 50.4 Å². The number of carbonyl (C=O) groups excluding carboxylic acids is 2. The zero-order valence-electron chi connectivity index (χ0n) is 16.8. The van der Waals surface area contributed by atoms with Gasteiger partial charge in [-0.05, 0) is 46.4 Å². The molecule has 0 heterocycles. The van der Waals surface area contributed by atoms with E-state index in [1.165, 1.54) is 16.2 Å². The average Bonchev–Trinajstić information content (AvgIpc) is 2.71. The maximum atomic E-state index is 12.9. The van der Waals surface area contributed by atoms with Crippen LogP contribution in [-0.2, 0) is 0 Å². The minimum absolute atomic E-state index is 0.0384. The van der Waals surface area contributed by atoms with Crippen molar-refractivity contribution >= 4 is 44.1 Å². The molecule has 5 heteroatoms. The van der Waals surface area contributed by atoms with Crippen LogP contribution in [0.3, 0.4) is 0 Å². The van der Waals surface area contributed by atoms with Crippen molar-refractivity contribution in [3.63, 3.8) is 0 Å². The third-order valence-electron chi connectivity index (χ3n) is 5.31. The summed E-state index contributed by atoms with van der Waals surface area (Å²) in [6, 6.07) is 18.3. The Balaban J connectivity index is 1.52. The zero-order chi connectivity index (χ0) is 20.4. The lowest BCUT2D eigenvalue weighted by Crippen LogP contribution is -2.39. The Labute approximate surface area is 170 Å². The molecule has 0 bridgehead atoms. The van der Waals surface area contributed by atoms with E-state index in [4.69, 9.17) is 0 Å². The highest BCUT2D eigenvalue weighted by molar-refractivity contribution is 6.26. The Hall–Kier alpha value is -3.18. The van der Waals surface area contributed by atoms with E-state index >= 15 is 0 Å². The Kier molecular flexibility index (Phi) is 5.32. The van der Waals surface area contributed by atoms with Crippen LogP contribution in [0.5, 0.6) is 0 Å². The van der Waals surface area contributed by atoms with E-state index < -0.39 is 0 Å². The van der Waals surface area contributed by atoms with Crippen LogP contribution in [0.25, 0.3) is 32.3 Å². The summed E-state index contributed by atoms with van der Waals surface area (Å²) in [5.74, 6) is 0.0384. The number of likely N-dealkylation sites (N-methyl/N-ethyl adjacent to an activating group) is 1. The van der Waals surface area contributed by atoms with Gasteiger partial charge in [0.2, 0.25) is 0 Å². The van der Waals surface area contributed by atoms with Crippen molar-refractivity contribution in [2.45, 2.75) is 6.42 Å². The van der Waals surface area contributed by atoms with Gasteiger partial charge in [0.1, 0.15) is 0 Å². The summed E-state index contributed by atoms with van der Waals surface area (Å²) in [6.45, 7) is 1.66. The molecule has 0 unspecified atom stereocenters. The maximum Gasteiger partial charge on any atom is 0.314 e. The topological polar surface area (TPSA) is 61.4 Å². The van der Waals surface area contributed by atoms with Gasteiger partial charge in [0.15, 0.2) is 5.78 Å². The lowest BCUT2D eigenvalue weighted by atomic mass is 9.90. The molecule has 0 aliphatic heterocycles. The van der Waals surface area contributed by atoms with E-state index in [2.05, 4.69) is 47.0 Å². The second-order valence-electron chi connectivity index (χ2n) is 7.63. The summed E-state index contributed by atoms with van der Waals surface area (Å²) in [6.07, 6.45) is 0.269. The molecule has 29 heavy (non-hydrogen) atoms. The molecule has 0 atom stereocenters. The quantitative estimate of drug-likeness (QED) is 0.372. The van der Waals surface area contributed by atoms with Crippen LogP contribution in [0.4, 0.5) is 4.79 Å². The van der Waals surface area contributed by atoms with Crippen LogP contribution in [0.2, 0.25) is 0 Å². The van der Waals surface area contributed by atoms with Gasteiger partial charge >= 0.3 is 6.03 Å². The first kappa shape index (κ1) is 19.2. The minimum atomic E-state index is -0.241. The van der Waals surface area contributed by atoms with E-state index in [-0.39, 0.29) is 18.2 Å².